The highest BCUT2D eigenvalue weighted by Gasteiger charge is 2.16. The molecule has 1 atom stereocenters. The van der Waals surface area contributed by atoms with Crippen LogP contribution in [0.4, 0.5) is 0 Å². The van der Waals surface area contributed by atoms with Crippen LogP contribution in [0.25, 0.3) is 0 Å². The van der Waals surface area contributed by atoms with Gasteiger partial charge in [0.2, 0.25) is 0 Å². The molecule has 12 heavy (non-hydrogen) atoms. The summed E-state index contributed by atoms with van der Waals surface area (Å²) in [6.07, 6.45) is 1.90. The van der Waals surface area contributed by atoms with Crippen molar-refractivity contribution in [3.05, 3.63) is 11.1 Å². The molecular formula is C9H16ClNO. The van der Waals surface area contributed by atoms with E-state index in [2.05, 4.69) is 4.90 Å². The lowest BCUT2D eigenvalue weighted by molar-refractivity contribution is 0.0758. The summed E-state index contributed by atoms with van der Waals surface area (Å²) in [5.41, 5.74) is 2.77. The number of likely N-dealkylation sites (tertiary alicyclic amines) is 1. The van der Waals surface area contributed by atoms with Gasteiger partial charge in [-0.05, 0) is 31.9 Å². The molecule has 1 N–H and O–H groups in total. The van der Waals surface area contributed by atoms with Gasteiger partial charge in [-0.2, -0.15) is 0 Å². The first-order chi connectivity index (χ1) is 5.72. The van der Waals surface area contributed by atoms with E-state index in [4.69, 9.17) is 11.6 Å². The van der Waals surface area contributed by atoms with Crippen LogP contribution < -0.4 is 0 Å². The summed E-state index contributed by atoms with van der Waals surface area (Å²) in [7, 11) is 0. The molecule has 1 heterocycles. The highest BCUT2D eigenvalue weighted by molar-refractivity contribution is 6.25. The van der Waals surface area contributed by atoms with E-state index in [0.717, 1.165) is 38.0 Å². The van der Waals surface area contributed by atoms with Crippen molar-refractivity contribution in [2.45, 2.75) is 25.9 Å². The van der Waals surface area contributed by atoms with Crippen LogP contribution in [-0.4, -0.2) is 35.7 Å². The summed E-state index contributed by atoms with van der Waals surface area (Å²) in [5.74, 6) is 0. The highest BCUT2D eigenvalue weighted by Crippen LogP contribution is 2.11. The molecule has 0 aromatic carbocycles. The molecular weight excluding hydrogens is 174 g/mol. The molecule has 0 radical (unpaired) electrons. The van der Waals surface area contributed by atoms with Crippen LogP contribution in [0, 0.1) is 0 Å². The number of aliphatic hydroxyl groups is 1. The Bertz CT molecular complexity index is 170. The van der Waals surface area contributed by atoms with E-state index in [1.54, 1.807) is 5.54 Å². The second-order valence-electron chi connectivity index (χ2n) is 3.49. The van der Waals surface area contributed by atoms with E-state index in [0.29, 0.717) is 0 Å². The molecule has 0 amide bonds. The van der Waals surface area contributed by atoms with Crippen LogP contribution in [0.2, 0.25) is 0 Å². The number of hydrogen-bond acceptors (Lipinski definition) is 2. The molecule has 0 aromatic rings. The van der Waals surface area contributed by atoms with Crippen LogP contribution in [-0.2, 0) is 0 Å². The fourth-order valence-corrected chi connectivity index (χ4v) is 1.63. The zero-order chi connectivity index (χ0) is 8.97. The Kier molecular flexibility index (Phi) is 4.06. The smallest absolute Gasteiger partial charge is 0.0667 e. The minimum absolute atomic E-state index is 0.137. The van der Waals surface area contributed by atoms with Crippen LogP contribution in [0.15, 0.2) is 11.1 Å². The summed E-state index contributed by atoms with van der Waals surface area (Å²) in [4.78, 5) is 2.24. The van der Waals surface area contributed by atoms with Crippen molar-refractivity contribution in [2.24, 2.45) is 0 Å². The summed E-state index contributed by atoms with van der Waals surface area (Å²) >= 11 is 5.56. The first-order valence-corrected chi connectivity index (χ1v) is 4.82. The molecule has 0 spiro atoms. The highest BCUT2D eigenvalue weighted by atomic mass is 35.5. The Labute approximate surface area is 78.8 Å². The predicted molar refractivity (Wildman–Crippen MR) is 51.3 cm³/mol. The Hall–Kier alpha value is -0.0500. The molecule has 2 nitrogen and oxygen atoms in total. The molecule has 1 rings (SSSR count). The molecule has 1 fully saturated rings. The zero-order valence-electron chi connectivity index (χ0n) is 7.46. The van der Waals surface area contributed by atoms with Crippen molar-refractivity contribution in [3.63, 3.8) is 0 Å². The summed E-state index contributed by atoms with van der Waals surface area (Å²) < 4.78 is 0. The van der Waals surface area contributed by atoms with Crippen molar-refractivity contribution in [2.75, 3.05) is 19.6 Å². The molecule has 1 aliphatic heterocycles. The van der Waals surface area contributed by atoms with E-state index < -0.39 is 0 Å². The number of hydrogen-bond donors (Lipinski definition) is 1. The lowest BCUT2D eigenvalue weighted by Gasteiger charge is -2.29. The number of rotatable bonds is 2. The molecule has 0 saturated carbocycles. The van der Waals surface area contributed by atoms with Crippen molar-refractivity contribution in [1.29, 1.82) is 0 Å². The quantitative estimate of drug-likeness (QED) is 0.713. The standard InChI is InChI=1S/C9H16ClNO/c1-8(5-10)6-11-4-2-3-9(12)7-11/h5,9,12H,2-4,6-7H2,1H3. The Morgan fingerprint density at radius 3 is 3.08 bits per heavy atom. The van der Waals surface area contributed by atoms with E-state index in [1.807, 2.05) is 6.92 Å². The maximum atomic E-state index is 9.37. The lowest BCUT2D eigenvalue weighted by atomic mass is 10.1. The largest absolute Gasteiger partial charge is 0.392 e. The Morgan fingerprint density at radius 1 is 1.75 bits per heavy atom. The topological polar surface area (TPSA) is 23.5 Å². The van der Waals surface area contributed by atoms with Gasteiger partial charge >= 0.3 is 0 Å². The third-order valence-corrected chi connectivity index (χ3v) is 2.51. The van der Waals surface area contributed by atoms with Crippen molar-refractivity contribution in [1.82, 2.24) is 4.90 Å². The Balaban J connectivity index is 2.32. The van der Waals surface area contributed by atoms with Gasteiger partial charge in [0.15, 0.2) is 0 Å². The van der Waals surface area contributed by atoms with Gasteiger partial charge in [-0.1, -0.05) is 11.6 Å². The van der Waals surface area contributed by atoms with Gasteiger partial charge in [0.05, 0.1) is 6.10 Å². The third kappa shape index (κ3) is 3.13. The number of piperidine rings is 1. The SMILES string of the molecule is CC(=CCl)CN1CCCC(O)C1. The molecule has 1 unspecified atom stereocenters. The normalized spacial score (nSPS) is 27.6. The summed E-state index contributed by atoms with van der Waals surface area (Å²) in [6, 6.07) is 0. The summed E-state index contributed by atoms with van der Waals surface area (Å²) in [6.45, 7) is 4.77. The van der Waals surface area contributed by atoms with Crippen LogP contribution in [0.3, 0.4) is 0 Å². The monoisotopic (exact) mass is 189 g/mol. The van der Waals surface area contributed by atoms with E-state index in [1.165, 1.54) is 0 Å². The van der Waals surface area contributed by atoms with Gasteiger partial charge in [0, 0.05) is 18.6 Å². The second-order valence-corrected chi connectivity index (χ2v) is 3.70. The maximum Gasteiger partial charge on any atom is 0.0667 e. The average Bonchev–Trinajstić information content (AvgIpc) is 2.04. The maximum absolute atomic E-state index is 9.37. The molecule has 0 aromatic heterocycles. The number of nitrogens with zero attached hydrogens (tertiary/aromatic N) is 1. The van der Waals surface area contributed by atoms with Crippen LogP contribution >= 0.6 is 11.6 Å². The van der Waals surface area contributed by atoms with Gasteiger partial charge in [-0.25, -0.2) is 0 Å². The average molecular weight is 190 g/mol. The molecule has 0 bridgehead atoms. The van der Waals surface area contributed by atoms with Gasteiger partial charge in [0.1, 0.15) is 0 Å². The fourth-order valence-electron chi connectivity index (χ4n) is 1.56. The minimum Gasteiger partial charge on any atom is -0.392 e. The first-order valence-electron chi connectivity index (χ1n) is 4.38. The number of halogens is 1. The van der Waals surface area contributed by atoms with Crippen molar-refractivity contribution >= 4 is 11.6 Å². The molecule has 1 aliphatic rings. The van der Waals surface area contributed by atoms with Crippen LogP contribution in [0.5, 0.6) is 0 Å². The van der Waals surface area contributed by atoms with E-state index in [-0.39, 0.29) is 6.10 Å². The van der Waals surface area contributed by atoms with Crippen LogP contribution in [0.1, 0.15) is 19.8 Å². The first kappa shape index (κ1) is 10.0. The third-order valence-electron chi connectivity index (χ3n) is 2.14. The Morgan fingerprint density at radius 2 is 2.50 bits per heavy atom. The minimum atomic E-state index is -0.137. The number of aliphatic hydroxyl groups excluding tert-OH is 1. The molecule has 3 heteroatoms. The fraction of sp³-hybridized carbons (Fsp3) is 0.778. The van der Waals surface area contributed by atoms with E-state index in [9.17, 15) is 5.11 Å². The van der Waals surface area contributed by atoms with E-state index >= 15 is 0 Å². The predicted octanol–water partition coefficient (Wildman–Crippen LogP) is 1.59. The molecule has 1 saturated heterocycles. The zero-order valence-corrected chi connectivity index (χ0v) is 8.22. The van der Waals surface area contributed by atoms with Gasteiger partial charge in [-0.15, -0.1) is 0 Å². The second kappa shape index (κ2) is 4.85. The van der Waals surface area contributed by atoms with Gasteiger partial charge < -0.3 is 5.11 Å². The van der Waals surface area contributed by atoms with Crippen molar-refractivity contribution in [3.8, 4) is 0 Å². The van der Waals surface area contributed by atoms with Gasteiger partial charge in [0.25, 0.3) is 0 Å². The molecule has 70 valence electrons. The molecule has 0 aliphatic carbocycles. The lowest BCUT2D eigenvalue weighted by Crippen LogP contribution is -2.38. The summed E-state index contributed by atoms with van der Waals surface area (Å²) in [5, 5.41) is 9.37. The van der Waals surface area contributed by atoms with Crippen molar-refractivity contribution < 1.29 is 5.11 Å². The number of β-amino-alcohol motifs (C(OH)–C–C–N with tert-alkyl or cyclic N) is 1. The van der Waals surface area contributed by atoms with Gasteiger partial charge in [-0.3, -0.25) is 4.90 Å².